The number of benzene rings is 1. The Bertz CT molecular complexity index is 1150. The molecule has 1 aromatic carbocycles. The maximum Gasteiger partial charge on any atom is 0.119 e. The molecule has 3 atom stereocenters. The molecule has 0 amide bonds. The number of aromatic nitrogens is 3. The third-order valence-electron chi connectivity index (χ3n) is 6.88. The van der Waals surface area contributed by atoms with Crippen LogP contribution in [0.3, 0.4) is 0 Å². The molecular weight excluding hydrogens is 386 g/mol. The number of aliphatic hydroxyl groups excluding tert-OH is 1. The van der Waals surface area contributed by atoms with Crippen LogP contribution < -0.4 is 4.74 Å². The van der Waals surface area contributed by atoms with E-state index in [1.807, 2.05) is 59.5 Å². The zero-order chi connectivity index (χ0) is 21.4. The molecule has 31 heavy (non-hydrogen) atoms. The van der Waals surface area contributed by atoms with Crippen LogP contribution in [0.4, 0.5) is 0 Å². The van der Waals surface area contributed by atoms with Crippen molar-refractivity contribution < 1.29 is 9.84 Å². The first-order valence-electron chi connectivity index (χ1n) is 10.8. The molecule has 2 aliphatic carbocycles. The van der Waals surface area contributed by atoms with Crippen LogP contribution in [0.1, 0.15) is 42.7 Å². The van der Waals surface area contributed by atoms with Crippen LogP contribution >= 0.6 is 0 Å². The quantitative estimate of drug-likeness (QED) is 0.603. The van der Waals surface area contributed by atoms with E-state index in [-0.39, 0.29) is 5.41 Å². The van der Waals surface area contributed by atoms with E-state index in [1.165, 1.54) is 16.8 Å². The van der Waals surface area contributed by atoms with Crippen LogP contribution in [0.15, 0.2) is 72.7 Å². The van der Waals surface area contributed by atoms with Gasteiger partial charge in [-0.25, -0.2) is 4.68 Å². The lowest BCUT2D eigenvalue weighted by molar-refractivity contribution is 0.225. The number of allylic oxidation sites excluding steroid dienone is 2. The summed E-state index contributed by atoms with van der Waals surface area (Å²) < 4.78 is 7.27. The predicted octanol–water partition coefficient (Wildman–Crippen LogP) is 4.92. The van der Waals surface area contributed by atoms with E-state index in [2.05, 4.69) is 29.2 Å². The lowest BCUT2D eigenvalue weighted by Crippen LogP contribution is -2.28. The molecule has 5 heteroatoms. The summed E-state index contributed by atoms with van der Waals surface area (Å²) in [7, 11) is 1.64. The van der Waals surface area contributed by atoms with Crippen LogP contribution in [0.2, 0.25) is 0 Å². The highest BCUT2D eigenvalue weighted by atomic mass is 16.5. The lowest BCUT2D eigenvalue weighted by atomic mass is 9.69. The Labute approximate surface area is 182 Å². The van der Waals surface area contributed by atoms with Crippen LogP contribution in [-0.4, -0.2) is 27.0 Å². The Morgan fingerprint density at radius 1 is 1.26 bits per heavy atom. The largest absolute Gasteiger partial charge is 0.497 e. The Morgan fingerprint density at radius 2 is 2.16 bits per heavy atom. The maximum atomic E-state index is 10.7. The second-order valence-corrected chi connectivity index (χ2v) is 8.69. The Kier molecular flexibility index (Phi) is 4.98. The van der Waals surface area contributed by atoms with Crippen molar-refractivity contribution >= 4 is 6.08 Å². The first-order chi connectivity index (χ1) is 15.1. The number of fused-ring (bicyclic) bond motifs is 2. The predicted molar refractivity (Wildman–Crippen MR) is 121 cm³/mol. The minimum absolute atomic E-state index is 0.0560. The van der Waals surface area contributed by atoms with Gasteiger partial charge in [-0.1, -0.05) is 36.8 Å². The average molecular weight is 414 g/mol. The lowest BCUT2D eigenvalue weighted by Gasteiger charge is -2.34. The number of aliphatic hydroxyl groups is 1. The van der Waals surface area contributed by atoms with Gasteiger partial charge in [0.2, 0.25) is 0 Å². The molecule has 0 radical (unpaired) electrons. The van der Waals surface area contributed by atoms with Gasteiger partial charge in [-0.15, -0.1) is 0 Å². The van der Waals surface area contributed by atoms with Gasteiger partial charge in [0.05, 0.1) is 37.0 Å². The topological polar surface area (TPSA) is 60.2 Å². The first kappa shape index (κ1) is 19.8. The zero-order valence-corrected chi connectivity index (χ0v) is 17.9. The number of rotatable bonds is 5. The zero-order valence-electron chi connectivity index (χ0n) is 17.9. The number of pyridine rings is 1. The summed E-state index contributed by atoms with van der Waals surface area (Å²) in [6, 6.07) is 11.6. The SMILES string of the molecule is COc1cccc(C(O)C=CC2CCC3=Cc4c(cnn4-c4cccnc4)CC32C)c1. The number of methoxy groups -OCH3 is 1. The van der Waals surface area contributed by atoms with E-state index in [0.717, 1.165) is 36.3 Å². The highest BCUT2D eigenvalue weighted by Crippen LogP contribution is 2.53. The van der Waals surface area contributed by atoms with Gasteiger partial charge in [0.1, 0.15) is 5.75 Å². The number of hydrogen-bond donors (Lipinski definition) is 1. The van der Waals surface area contributed by atoms with Crippen LogP contribution in [0, 0.1) is 11.3 Å². The Morgan fingerprint density at radius 3 is 2.97 bits per heavy atom. The molecule has 3 aromatic rings. The number of hydrogen-bond acceptors (Lipinski definition) is 4. The Hall–Kier alpha value is -3.18. The van der Waals surface area contributed by atoms with Crippen molar-refractivity contribution in [3.63, 3.8) is 0 Å². The highest BCUT2D eigenvalue weighted by Gasteiger charge is 2.44. The molecule has 0 aliphatic heterocycles. The molecule has 0 spiro atoms. The molecule has 5 rings (SSSR count). The van der Waals surface area contributed by atoms with Gasteiger partial charge < -0.3 is 9.84 Å². The first-order valence-corrected chi connectivity index (χ1v) is 10.8. The van der Waals surface area contributed by atoms with Crippen LogP contribution in [-0.2, 0) is 6.42 Å². The molecule has 3 unspecified atom stereocenters. The van der Waals surface area contributed by atoms with Crippen molar-refractivity contribution in [1.82, 2.24) is 14.8 Å². The fourth-order valence-corrected chi connectivity index (χ4v) is 5.05. The third-order valence-corrected chi connectivity index (χ3v) is 6.88. The molecule has 1 saturated carbocycles. The van der Waals surface area contributed by atoms with Gasteiger partial charge in [0.25, 0.3) is 0 Å². The normalized spacial score (nSPS) is 23.3. The van der Waals surface area contributed by atoms with Crippen molar-refractivity contribution in [3.8, 4) is 11.4 Å². The standard InChI is InChI=1S/C26H27N3O2/c1-26-15-19-16-28-29(22-6-4-12-27-17-22)24(19)14-21(26)9-8-20(26)10-11-25(30)18-5-3-7-23(13-18)31-2/h3-7,10-14,16-17,20,25,30H,8-9,15H2,1-2H3. The average Bonchev–Trinajstić information content (AvgIpc) is 3.35. The van der Waals surface area contributed by atoms with Gasteiger partial charge in [0.15, 0.2) is 0 Å². The highest BCUT2D eigenvalue weighted by molar-refractivity contribution is 5.62. The Balaban J connectivity index is 1.39. The second-order valence-electron chi connectivity index (χ2n) is 8.69. The molecule has 0 saturated heterocycles. The van der Waals surface area contributed by atoms with Crippen LogP contribution in [0.5, 0.6) is 5.75 Å². The molecule has 2 aliphatic rings. The monoisotopic (exact) mass is 413 g/mol. The minimum atomic E-state index is -0.640. The van der Waals surface area contributed by atoms with Crippen molar-refractivity contribution in [1.29, 1.82) is 0 Å². The second kappa shape index (κ2) is 7.82. The molecule has 5 nitrogen and oxygen atoms in total. The van der Waals surface area contributed by atoms with Gasteiger partial charge in [-0.05, 0) is 72.1 Å². The number of ether oxygens (including phenoxy) is 1. The summed E-state index contributed by atoms with van der Waals surface area (Å²) in [5.41, 5.74) is 5.79. The van der Waals surface area contributed by atoms with Crippen molar-refractivity contribution in [2.45, 2.75) is 32.3 Å². The van der Waals surface area contributed by atoms with Gasteiger partial charge in [-0.3, -0.25) is 4.98 Å². The molecule has 0 bridgehead atoms. The molecular formula is C26H27N3O2. The van der Waals surface area contributed by atoms with E-state index < -0.39 is 6.10 Å². The summed E-state index contributed by atoms with van der Waals surface area (Å²) in [6.07, 6.45) is 14.6. The molecule has 1 fully saturated rings. The fourth-order valence-electron chi connectivity index (χ4n) is 5.05. The summed E-state index contributed by atoms with van der Waals surface area (Å²) in [6.45, 7) is 2.35. The molecule has 2 aromatic heterocycles. The number of nitrogens with zero attached hydrogens (tertiary/aromatic N) is 3. The van der Waals surface area contributed by atoms with E-state index in [0.29, 0.717) is 5.92 Å². The summed E-state index contributed by atoms with van der Waals surface area (Å²) in [5, 5.41) is 15.3. The summed E-state index contributed by atoms with van der Waals surface area (Å²) in [4.78, 5) is 4.24. The van der Waals surface area contributed by atoms with Crippen molar-refractivity contribution in [3.05, 3.63) is 89.5 Å². The van der Waals surface area contributed by atoms with Crippen molar-refractivity contribution in [2.24, 2.45) is 11.3 Å². The van der Waals surface area contributed by atoms with E-state index in [1.54, 1.807) is 13.3 Å². The molecule has 2 heterocycles. The van der Waals surface area contributed by atoms with Gasteiger partial charge >= 0.3 is 0 Å². The van der Waals surface area contributed by atoms with Crippen LogP contribution in [0.25, 0.3) is 11.8 Å². The van der Waals surface area contributed by atoms with E-state index in [9.17, 15) is 5.11 Å². The molecule has 158 valence electrons. The fraction of sp³-hybridized carbons (Fsp3) is 0.308. The van der Waals surface area contributed by atoms with E-state index in [4.69, 9.17) is 4.74 Å². The van der Waals surface area contributed by atoms with E-state index >= 15 is 0 Å². The summed E-state index contributed by atoms with van der Waals surface area (Å²) >= 11 is 0. The molecule has 1 N–H and O–H groups in total. The smallest absolute Gasteiger partial charge is 0.119 e. The summed E-state index contributed by atoms with van der Waals surface area (Å²) in [5.74, 6) is 1.14. The minimum Gasteiger partial charge on any atom is -0.497 e. The maximum absolute atomic E-state index is 10.7. The van der Waals surface area contributed by atoms with Gasteiger partial charge in [-0.2, -0.15) is 5.10 Å². The third kappa shape index (κ3) is 3.49. The van der Waals surface area contributed by atoms with Crippen molar-refractivity contribution in [2.75, 3.05) is 7.11 Å². The van der Waals surface area contributed by atoms with Gasteiger partial charge in [0, 0.05) is 6.20 Å².